The molecule has 0 saturated carbocycles. The van der Waals surface area contributed by atoms with Crippen LogP contribution in [0.2, 0.25) is 0 Å². The van der Waals surface area contributed by atoms with E-state index in [2.05, 4.69) is 5.32 Å². The highest BCUT2D eigenvalue weighted by molar-refractivity contribution is 6.23. The predicted octanol–water partition coefficient (Wildman–Crippen LogP) is 4.35. The van der Waals surface area contributed by atoms with E-state index in [4.69, 9.17) is 0 Å². The second-order valence-corrected chi connectivity index (χ2v) is 8.60. The molecule has 9 heteroatoms. The number of hydrogen-bond donors (Lipinski definition) is 2. The average molecular weight is 495 g/mol. The molecule has 0 aromatic heterocycles. The van der Waals surface area contributed by atoms with E-state index in [1.807, 2.05) is 54.6 Å². The van der Waals surface area contributed by atoms with Gasteiger partial charge in [-0.25, -0.2) is 0 Å². The number of rotatable bonds is 7. The first kappa shape index (κ1) is 23.7. The molecule has 3 amide bonds. The van der Waals surface area contributed by atoms with Gasteiger partial charge in [-0.15, -0.1) is 0 Å². The molecule has 1 aliphatic rings. The smallest absolute Gasteiger partial charge is 0.282 e. The van der Waals surface area contributed by atoms with E-state index in [1.165, 1.54) is 18.2 Å². The Labute approximate surface area is 211 Å². The molecular weight excluding hydrogens is 474 g/mol. The van der Waals surface area contributed by atoms with E-state index in [-0.39, 0.29) is 29.8 Å². The highest BCUT2D eigenvalue weighted by atomic mass is 16.6. The third-order valence-corrected chi connectivity index (χ3v) is 6.41. The molecular formula is C28H21N3O6. The molecule has 2 N–H and O–H groups in total. The summed E-state index contributed by atoms with van der Waals surface area (Å²) in [4.78, 5) is 50.2. The molecule has 9 nitrogen and oxygen atoms in total. The number of nitro groups is 1. The zero-order valence-corrected chi connectivity index (χ0v) is 19.5. The van der Waals surface area contributed by atoms with Gasteiger partial charge in [-0.3, -0.25) is 29.4 Å². The minimum absolute atomic E-state index is 0.0144. The van der Waals surface area contributed by atoms with E-state index < -0.39 is 34.4 Å². The average Bonchev–Trinajstić information content (AvgIpc) is 3.16. The molecule has 0 radical (unpaired) electrons. The summed E-state index contributed by atoms with van der Waals surface area (Å²) >= 11 is 0. The van der Waals surface area contributed by atoms with Crippen LogP contribution in [0.1, 0.15) is 44.3 Å². The molecule has 1 heterocycles. The van der Waals surface area contributed by atoms with Gasteiger partial charge in [0.25, 0.3) is 17.5 Å². The number of carbonyl (C=O) groups excluding carboxylic acids is 3. The Hall–Kier alpha value is -5.05. The van der Waals surface area contributed by atoms with E-state index in [0.29, 0.717) is 5.56 Å². The van der Waals surface area contributed by atoms with Gasteiger partial charge in [0.15, 0.2) is 0 Å². The van der Waals surface area contributed by atoms with Crippen molar-refractivity contribution < 1.29 is 24.4 Å². The van der Waals surface area contributed by atoms with Crippen molar-refractivity contribution in [2.75, 3.05) is 6.54 Å². The van der Waals surface area contributed by atoms with Crippen molar-refractivity contribution in [3.8, 4) is 5.75 Å². The number of nitrogens with zero attached hydrogens (tertiary/aromatic N) is 2. The standard InChI is InChI=1S/C28H21N3O6/c32-22-14-13-17-7-4-5-10-19(17)25(22)26(18-8-2-1-3-9-18)29-23(33)15-16-30-27(34)20-11-6-12-21(31(36)37)24(20)28(30)35/h1-14,26,32H,15-16H2,(H,29,33). The third kappa shape index (κ3) is 4.27. The Balaban J connectivity index is 1.40. The fourth-order valence-electron chi connectivity index (χ4n) is 4.67. The van der Waals surface area contributed by atoms with Gasteiger partial charge in [-0.2, -0.15) is 0 Å². The minimum Gasteiger partial charge on any atom is -0.508 e. The molecule has 1 atom stereocenters. The van der Waals surface area contributed by atoms with Crippen LogP contribution < -0.4 is 5.32 Å². The Morgan fingerprint density at radius 1 is 0.919 bits per heavy atom. The number of aromatic hydroxyl groups is 1. The van der Waals surface area contributed by atoms with Crippen molar-refractivity contribution >= 4 is 34.2 Å². The van der Waals surface area contributed by atoms with Crippen LogP contribution in [0.3, 0.4) is 0 Å². The van der Waals surface area contributed by atoms with Gasteiger partial charge in [0.2, 0.25) is 5.91 Å². The van der Waals surface area contributed by atoms with Crippen molar-refractivity contribution in [1.82, 2.24) is 10.2 Å². The number of nitro benzene ring substituents is 1. The number of nitrogens with one attached hydrogen (secondary N) is 1. The Morgan fingerprint density at radius 2 is 1.65 bits per heavy atom. The molecule has 0 saturated heterocycles. The summed E-state index contributed by atoms with van der Waals surface area (Å²) in [5.74, 6) is -1.93. The number of fused-ring (bicyclic) bond motifs is 2. The van der Waals surface area contributed by atoms with Crippen molar-refractivity contribution in [3.05, 3.63) is 117 Å². The first-order valence-corrected chi connectivity index (χ1v) is 11.6. The number of phenols is 1. The molecule has 0 spiro atoms. The van der Waals surface area contributed by atoms with Crippen LogP contribution in [-0.2, 0) is 4.79 Å². The molecule has 0 fully saturated rings. The van der Waals surface area contributed by atoms with Crippen molar-refractivity contribution in [3.63, 3.8) is 0 Å². The number of imide groups is 1. The topological polar surface area (TPSA) is 130 Å². The molecule has 0 bridgehead atoms. The molecule has 184 valence electrons. The van der Waals surface area contributed by atoms with E-state index in [1.54, 1.807) is 12.1 Å². The molecule has 5 rings (SSSR count). The predicted molar refractivity (Wildman–Crippen MR) is 135 cm³/mol. The fraction of sp³-hybridized carbons (Fsp3) is 0.107. The van der Waals surface area contributed by atoms with Crippen LogP contribution in [0.25, 0.3) is 10.8 Å². The molecule has 0 aliphatic carbocycles. The number of benzene rings is 4. The van der Waals surface area contributed by atoms with Gasteiger partial charge in [-0.1, -0.05) is 66.7 Å². The molecule has 4 aromatic rings. The van der Waals surface area contributed by atoms with Crippen LogP contribution in [0, 0.1) is 10.1 Å². The van der Waals surface area contributed by atoms with Crippen LogP contribution in [0.4, 0.5) is 5.69 Å². The maximum Gasteiger partial charge on any atom is 0.282 e. The zero-order valence-electron chi connectivity index (χ0n) is 19.5. The summed E-state index contributed by atoms with van der Waals surface area (Å²) in [6.45, 7) is -0.252. The highest BCUT2D eigenvalue weighted by Gasteiger charge is 2.40. The first-order chi connectivity index (χ1) is 17.9. The SMILES string of the molecule is O=C(CCN1C(=O)c2cccc([N+](=O)[O-])c2C1=O)NC(c1ccccc1)c1c(O)ccc2ccccc12. The lowest BCUT2D eigenvalue weighted by atomic mass is 9.92. The maximum atomic E-state index is 13.1. The maximum absolute atomic E-state index is 13.1. The minimum atomic E-state index is -0.800. The van der Waals surface area contributed by atoms with E-state index in [9.17, 15) is 29.6 Å². The highest BCUT2D eigenvalue weighted by Crippen LogP contribution is 2.36. The molecule has 1 unspecified atom stereocenters. The Bertz CT molecular complexity index is 1570. The van der Waals surface area contributed by atoms with Gasteiger partial charge in [-0.05, 0) is 28.5 Å². The second kappa shape index (κ2) is 9.54. The quantitative estimate of drug-likeness (QED) is 0.223. The number of amides is 3. The van der Waals surface area contributed by atoms with Crippen molar-refractivity contribution in [1.29, 1.82) is 0 Å². The lowest BCUT2D eigenvalue weighted by molar-refractivity contribution is -0.385. The van der Waals surface area contributed by atoms with Gasteiger partial charge in [0.1, 0.15) is 11.3 Å². The lowest BCUT2D eigenvalue weighted by Gasteiger charge is -2.23. The Morgan fingerprint density at radius 3 is 2.41 bits per heavy atom. The third-order valence-electron chi connectivity index (χ3n) is 6.41. The lowest BCUT2D eigenvalue weighted by Crippen LogP contribution is -2.36. The van der Waals surface area contributed by atoms with E-state index >= 15 is 0 Å². The summed E-state index contributed by atoms with van der Waals surface area (Å²) in [5, 5.41) is 26.7. The summed E-state index contributed by atoms with van der Waals surface area (Å²) in [7, 11) is 0. The first-order valence-electron chi connectivity index (χ1n) is 11.6. The summed E-state index contributed by atoms with van der Waals surface area (Å²) in [6.07, 6.45) is -0.228. The van der Waals surface area contributed by atoms with Crippen LogP contribution in [-0.4, -0.2) is 39.2 Å². The molecule has 1 aliphatic heterocycles. The van der Waals surface area contributed by atoms with Crippen molar-refractivity contribution in [2.45, 2.75) is 12.5 Å². The molecule has 37 heavy (non-hydrogen) atoms. The fourth-order valence-corrected chi connectivity index (χ4v) is 4.67. The molecule has 4 aromatic carbocycles. The summed E-state index contributed by atoms with van der Waals surface area (Å²) in [5.41, 5.74) is 0.495. The van der Waals surface area contributed by atoms with Gasteiger partial charge < -0.3 is 10.4 Å². The van der Waals surface area contributed by atoms with Gasteiger partial charge in [0.05, 0.1) is 16.5 Å². The number of carbonyl (C=O) groups is 3. The summed E-state index contributed by atoms with van der Waals surface area (Å²) in [6, 6.07) is 23.2. The number of hydrogen-bond acceptors (Lipinski definition) is 6. The summed E-state index contributed by atoms with van der Waals surface area (Å²) < 4.78 is 0. The van der Waals surface area contributed by atoms with Gasteiger partial charge >= 0.3 is 0 Å². The monoisotopic (exact) mass is 495 g/mol. The van der Waals surface area contributed by atoms with Crippen molar-refractivity contribution in [2.24, 2.45) is 0 Å². The van der Waals surface area contributed by atoms with Crippen LogP contribution in [0.5, 0.6) is 5.75 Å². The largest absolute Gasteiger partial charge is 0.508 e. The number of phenolic OH excluding ortho intramolecular Hbond substituents is 1. The second-order valence-electron chi connectivity index (χ2n) is 8.60. The Kier molecular flexibility index (Phi) is 6.10. The van der Waals surface area contributed by atoms with Crippen LogP contribution >= 0.6 is 0 Å². The van der Waals surface area contributed by atoms with E-state index in [0.717, 1.165) is 21.2 Å². The van der Waals surface area contributed by atoms with Gasteiger partial charge in [0, 0.05) is 24.6 Å². The van der Waals surface area contributed by atoms with Crippen LogP contribution in [0.15, 0.2) is 84.9 Å². The normalized spacial score (nSPS) is 13.5. The zero-order chi connectivity index (χ0) is 26.1.